The van der Waals surface area contributed by atoms with Crippen molar-refractivity contribution < 1.29 is 14.3 Å². The van der Waals surface area contributed by atoms with E-state index in [1.54, 1.807) is 0 Å². The molecule has 23 heavy (non-hydrogen) atoms. The van der Waals surface area contributed by atoms with Crippen LogP contribution in [0, 0.1) is 10.2 Å². The fourth-order valence-electron chi connectivity index (χ4n) is 1.99. The van der Waals surface area contributed by atoms with Crippen LogP contribution in [-0.4, -0.2) is 38.2 Å². The molecule has 0 spiro atoms. The van der Waals surface area contributed by atoms with Crippen molar-refractivity contribution in [2.24, 2.45) is 0 Å². The van der Waals surface area contributed by atoms with Crippen LogP contribution in [0.1, 0.15) is 47.1 Å². The molecule has 0 aromatic heterocycles. The van der Waals surface area contributed by atoms with Crippen molar-refractivity contribution >= 4 is 25.4 Å². The van der Waals surface area contributed by atoms with Gasteiger partial charge >= 0.3 is 145 Å². The zero-order valence-electron chi connectivity index (χ0n) is 14.7. The van der Waals surface area contributed by atoms with E-state index in [1.165, 1.54) is 0 Å². The molecule has 0 fully saturated rings. The molecule has 0 unspecified atom stereocenters. The molecule has 1 rings (SSSR count). The Labute approximate surface area is 145 Å². The third-order valence-corrected chi connectivity index (χ3v) is 4.19. The molecule has 0 bridgehead atoms. The van der Waals surface area contributed by atoms with Gasteiger partial charge in [0.1, 0.15) is 0 Å². The number of nitrogens with zero attached hydrogens (tertiary/aromatic N) is 1. The van der Waals surface area contributed by atoms with E-state index < -0.39 is 17.3 Å². The van der Waals surface area contributed by atoms with Crippen LogP contribution < -0.4 is 4.46 Å². The summed E-state index contributed by atoms with van der Waals surface area (Å²) in [5.74, 6) is -0.369. The first-order valence-electron chi connectivity index (χ1n) is 7.56. The van der Waals surface area contributed by atoms with E-state index in [1.807, 2.05) is 65.8 Å². The Morgan fingerprint density at radius 3 is 2.30 bits per heavy atom. The number of ether oxygens (including phenoxy) is 2. The molecule has 0 aliphatic carbocycles. The third-order valence-electron chi connectivity index (χ3n) is 2.70. The Morgan fingerprint density at radius 1 is 1.17 bits per heavy atom. The van der Waals surface area contributed by atoms with Gasteiger partial charge in [0, 0.05) is 0 Å². The summed E-state index contributed by atoms with van der Waals surface area (Å²) in [5, 5.41) is 8.98. The quantitative estimate of drug-likeness (QED) is 0.580. The van der Waals surface area contributed by atoms with Crippen LogP contribution in [-0.2, 0) is 20.7 Å². The van der Waals surface area contributed by atoms with E-state index in [4.69, 9.17) is 14.7 Å². The molecule has 1 aromatic rings. The van der Waals surface area contributed by atoms with E-state index in [2.05, 4.69) is 4.97 Å². The topological polar surface area (TPSA) is 59.3 Å². The number of nitriles is 1. The van der Waals surface area contributed by atoms with Crippen LogP contribution in [0.2, 0.25) is 0 Å². The molecule has 0 aliphatic rings. The fraction of sp³-hybridized carbons (Fsp3) is 0.556. The van der Waals surface area contributed by atoms with Crippen molar-refractivity contribution in [2.45, 2.75) is 65.3 Å². The Morgan fingerprint density at radius 2 is 1.78 bits per heavy atom. The predicted octanol–water partition coefficient (Wildman–Crippen LogP) is 2.57. The molecule has 0 N–H and O–H groups in total. The summed E-state index contributed by atoms with van der Waals surface area (Å²) < 4.78 is 12.4. The first-order valence-corrected chi connectivity index (χ1v) is 9.27. The molecule has 126 valence electrons. The maximum absolute atomic E-state index is 12.5. The summed E-state index contributed by atoms with van der Waals surface area (Å²) in [5.41, 5.74) is -0.0574. The monoisotopic (exact) mass is 383 g/mol. The van der Waals surface area contributed by atoms with Gasteiger partial charge in [0.15, 0.2) is 0 Å². The van der Waals surface area contributed by atoms with Gasteiger partial charge in [-0.25, -0.2) is 0 Å². The van der Waals surface area contributed by atoms with Crippen LogP contribution in [0.3, 0.4) is 0 Å². The molecular formula is C18H25NO3Se. The van der Waals surface area contributed by atoms with Crippen molar-refractivity contribution in [3.63, 3.8) is 0 Å². The minimum atomic E-state index is -0.690. The number of benzene rings is 1. The molecule has 0 saturated heterocycles. The van der Waals surface area contributed by atoms with E-state index in [0.717, 1.165) is 10.0 Å². The van der Waals surface area contributed by atoms with E-state index >= 15 is 0 Å². The number of carbonyl (C=O) groups excluding carboxylic acids is 1. The average molecular weight is 382 g/mol. The zero-order valence-corrected chi connectivity index (χ0v) is 16.4. The predicted molar refractivity (Wildman–Crippen MR) is 91.6 cm³/mol. The van der Waals surface area contributed by atoms with E-state index in [-0.39, 0.29) is 20.9 Å². The van der Waals surface area contributed by atoms with Gasteiger partial charge in [0.25, 0.3) is 0 Å². The second-order valence-corrected chi connectivity index (χ2v) is 8.99. The number of carbonyl (C=O) groups is 1. The van der Waals surface area contributed by atoms with E-state index in [9.17, 15) is 4.79 Å². The Hall–Kier alpha value is -1.34. The number of hydrogen-bond donors (Lipinski definition) is 0. The maximum atomic E-state index is 12.5. The van der Waals surface area contributed by atoms with Crippen molar-refractivity contribution in [2.75, 3.05) is 0 Å². The zero-order chi connectivity index (χ0) is 17.7. The van der Waals surface area contributed by atoms with Gasteiger partial charge < -0.3 is 0 Å². The summed E-state index contributed by atoms with van der Waals surface area (Å²) in [6.07, 6.45) is -0.281. The van der Waals surface area contributed by atoms with Gasteiger partial charge in [0.05, 0.1) is 0 Å². The molecule has 0 radical (unpaired) electrons. The molecule has 4 nitrogen and oxygen atoms in total. The molecule has 5 heteroatoms. The van der Waals surface area contributed by atoms with Crippen molar-refractivity contribution in [3.05, 3.63) is 29.8 Å². The van der Waals surface area contributed by atoms with Gasteiger partial charge in [0.2, 0.25) is 0 Å². The van der Waals surface area contributed by atoms with Gasteiger partial charge in [-0.1, -0.05) is 0 Å². The fourth-order valence-corrected chi connectivity index (χ4v) is 3.09. The normalized spacial score (nSPS) is 13.3. The number of rotatable bonds is 5. The van der Waals surface area contributed by atoms with Gasteiger partial charge in [-0.2, -0.15) is 0 Å². The molecular weight excluding hydrogens is 357 g/mol. The van der Waals surface area contributed by atoms with Crippen LogP contribution >= 0.6 is 0 Å². The second-order valence-electron chi connectivity index (χ2n) is 7.26. The SMILES string of the molecule is CC(C)(C)OC(=O)[C@H](Cc1ccccc1[Se]C#N)OC(C)(C)C. The van der Waals surface area contributed by atoms with Crippen LogP contribution in [0.25, 0.3) is 0 Å². The Kier molecular flexibility index (Phi) is 6.83. The van der Waals surface area contributed by atoms with Gasteiger partial charge in [-0.15, -0.1) is 0 Å². The summed E-state index contributed by atoms with van der Waals surface area (Å²) in [4.78, 5) is 14.7. The molecule has 1 aromatic carbocycles. The summed E-state index contributed by atoms with van der Waals surface area (Å²) in [7, 11) is 0. The van der Waals surface area contributed by atoms with Crippen molar-refractivity contribution in [3.8, 4) is 4.97 Å². The Bertz CT molecular complexity index is 579. The first-order chi connectivity index (χ1) is 10.5. The van der Waals surface area contributed by atoms with Crippen molar-refractivity contribution in [1.82, 2.24) is 0 Å². The third kappa shape index (κ3) is 7.65. The summed E-state index contributed by atoms with van der Waals surface area (Å²) in [6, 6.07) is 7.69. The average Bonchev–Trinajstić information content (AvgIpc) is 2.37. The van der Waals surface area contributed by atoms with Crippen LogP contribution in [0.5, 0.6) is 0 Å². The second kappa shape index (κ2) is 7.97. The standard InChI is InChI=1S/C18H25NO3Se/c1-17(2,3)21-14(16(20)22-18(4,5)6)11-13-9-7-8-10-15(13)23-12-19/h7-10,14H,11H2,1-6H3/t14-/m0/s1. The van der Waals surface area contributed by atoms with Gasteiger partial charge in [-0.05, 0) is 0 Å². The summed E-state index contributed by atoms with van der Waals surface area (Å²) >= 11 is -0.267. The van der Waals surface area contributed by atoms with Crippen LogP contribution in [0.4, 0.5) is 0 Å². The first kappa shape index (κ1) is 19.7. The molecule has 0 heterocycles. The number of esters is 1. The molecule has 0 saturated carbocycles. The molecule has 1 atom stereocenters. The minimum absolute atomic E-state index is 0.267. The van der Waals surface area contributed by atoms with Crippen molar-refractivity contribution in [1.29, 1.82) is 5.26 Å². The summed E-state index contributed by atoms with van der Waals surface area (Å²) in [6.45, 7) is 11.3. The Balaban J connectivity index is 3.02. The molecule has 0 aliphatic heterocycles. The van der Waals surface area contributed by atoms with Gasteiger partial charge in [-0.3, -0.25) is 0 Å². The number of hydrogen-bond acceptors (Lipinski definition) is 4. The molecule has 0 amide bonds. The van der Waals surface area contributed by atoms with E-state index in [0.29, 0.717) is 6.42 Å². The van der Waals surface area contributed by atoms with Crippen LogP contribution in [0.15, 0.2) is 24.3 Å².